The largest absolute Gasteiger partial charge is 0.392 e. The lowest BCUT2D eigenvalue weighted by atomic mass is 9.54. The molecule has 0 spiro atoms. The molecule has 0 aromatic heterocycles. The second kappa shape index (κ2) is 6.10. The van der Waals surface area contributed by atoms with Gasteiger partial charge in [0.05, 0.1) is 12.2 Å². The summed E-state index contributed by atoms with van der Waals surface area (Å²) in [4.78, 5) is 12.6. The summed E-state index contributed by atoms with van der Waals surface area (Å²) < 4.78 is 5.67. The van der Waals surface area contributed by atoms with Crippen LogP contribution in [0, 0.1) is 10.8 Å². The van der Waals surface area contributed by atoms with Crippen molar-refractivity contribution in [3.8, 4) is 0 Å². The topological polar surface area (TPSA) is 84.6 Å². The number of carbonyl (C=O) groups is 1. The summed E-state index contributed by atoms with van der Waals surface area (Å²) in [7, 11) is 0. The number of amides is 1. The van der Waals surface area contributed by atoms with Crippen molar-refractivity contribution in [2.75, 3.05) is 13.2 Å². The van der Waals surface area contributed by atoms with Crippen LogP contribution < -0.4 is 11.1 Å². The minimum atomic E-state index is -0.886. The average molecular weight is 312 g/mol. The van der Waals surface area contributed by atoms with Crippen molar-refractivity contribution in [2.45, 2.75) is 77.5 Å². The Morgan fingerprint density at radius 2 is 2.05 bits per heavy atom. The molecule has 4 unspecified atom stereocenters. The molecule has 0 aliphatic heterocycles. The Morgan fingerprint density at radius 3 is 2.59 bits per heavy atom. The highest BCUT2D eigenvalue weighted by molar-refractivity contribution is 5.88. The van der Waals surface area contributed by atoms with E-state index >= 15 is 0 Å². The van der Waals surface area contributed by atoms with Crippen molar-refractivity contribution >= 4 is 5.91 Å². The Bertz CT molecular complexity index is 426. The molecule has 0 heterocycles. The van der Waals surface area contributed by atoms with Crippen molar-refractivity contribution in [1.29, 1.82) is 0 Å². The van der Waals surface area contributed by atoms with E-state index in [1.807, 2.05) is 20.8 Å². The van der Waals surface area contributed by atoms with Crippen LogP contribution in [0.5, 0.6) is 0 Å². The number of aliphatic hydroxyl groups is 1. The molecule has 4 N–H and O–H groups in total. The lowest BCUT2D eigenvalue weighted by Crippen LogP contribution is -2.76. The van der Waals surface area contributed by atoms with Crippen LogP contribution in [0.2, 0.25) is 0 Å². The molecule has 4 atom stereocenters. The van der Waals surface area contributed by atoms with Crippen LogP contribution in [0.3, 0.4) is 0 Å². The number of nitrogens with one attached hydrogen (secondary N) is 1. The maximum atomic E-state index is 12.6. The summed E-state index contributed by atoms with van der Waals surface area (Å²) in [6.07, 6.45) is 4.17. The third kappa shape index (κ3) is 2.79. The van der Waals surface area contributed by atoms with Crippen molar-refractivity contribution < 1.29 is 14.6 Å². The van der Waals surface area contributed by atoms with Crippen LogP contribution in [-0.4, -0.2) is 41.9 Å². The van der Waals surface area contributed by atoms with Gasteiger partial charge in [-0.15, -0.1) is 0 Å². The Kier molecular flexibility index (Phi) is 4.91. The van der Waals surface area contributed by atoms with E-state index < -0.39 is 5.54 Å². The van der Waals surface area contributed by atoms with Crippen molar-refractivity contribution in [2.24, 2.45) is 16.6 Å². The molecule has 128 valence electrons. The van der Waals surface area contributed by atoms with Gasteiger partial charge in [-0.3, -0.25) is 4.79 Å². The molecule has 2 fully saturated rings. The van der Waals surface area contributed by atoms with E-state index in [9.17, 15) is 9.90 Å². The SMILES string of the molecule is CCOC1CC(N)(C(=O)NCC2(C)CCCCC2O)C1(C)C. The summed E-state index contributed by atoms with van der Waals surface area (Å²) in [5.74, 6) is -0.118. The molecule has 0 aromatic carbocycles. The molecule has 0 radical (unpaired) electrons. The average Bonchev–Trinajstić information content (AvgIpc) is 2.47. The van der Waals surface area contributed by atoms with Gasteiger partial charge in [0.15, 0.2) is 0 Å². The number of nitrogens with two attached hydrogens (primary N) is 1. The lowest BCUT2D eigenvalue weighted by molar-refractivity contribution is -0.171. The summed E-state index contributed by atoms with van der Waals surface area (Å²) >= 11 is 0. The zero-order valence-corrected chi connectivity index (χ0v) is 14.4. The van der Waals surface area contributed by atoms with E-state index in [2.05, 4.69) is 12.2 Å². The highest BCUT2D eigenvalue weighted by Crippen LogP contribution is 2.50. The summed E-state index contributed by atoms with van der Waals surface area (Å²) in [5, 5.41) is 13.2. The number of aliphatic hydroxyl groups excluding tert-OH is 1. The number of hydrogen-bond donors (Lipinski definition) is 3. The first-order chi connectivity index (χ1) is 10.2. The molecule has 2 saturated carbocycles. The van der Waals surface area contributed by atoms with Gasteiger partial charge >= 0.3 is 0 Å². The van der Waals surface area contributed by atoms with Gasteiger partial charge in [-0.2, -0.15) is 0 Å². The fourth-order valence-corrected chi connectivity index (χ4v) is 3.85. The lowest BCUT2D eigenvalue weighted by Gasteiger charge is -2.57. The smallest absolute Gasteiger partial charge is 0.240 e. The summed E-state index contributed by atoms with van der Waals surface area (Å²) in [6.45, 7) is 9.12. The van der Waals surface area contributed by atoms with E-state index in [0.29, 0.717) is 19.6 Å². The molecule has 0 saturated heterocycles. The Labute approximate surface area is 134 Å². The summed E-state index contributed by atoms with van der Waals surface area (Å²) in [6, 6.07) is 0. The molecular formula is C17H32N2O3. The quantitative estimate of drug-likeness (QED) is 0.719. The predicted molar refractivity (Wildman–Crippen MR) is 86.3 cm³/mol. The molecule has 2 aliphatic carbocycles. The molecule has 0 bridgehead atoms. The Hall–Kier alpha value is -0.650. The van der Waals surface area contributed by atoms with Gasteiger partial charge in [-0.05, 0) is 19.8 Å². The van der Waals surface area contributed by atoms with E-state index in [-0.39, 0.29) is 28.9 Å². The maximum absolute atomic E-state index is 12.6. The highest BCUT2D eigenvalue weighted by atomic mass is 16.5. The van der Waals surface area contributed by atoms with Crippen LogP contribution in [0.15, 0.2) is 0 Å². The van der Waals surface area contributed by atoms with E-state index in [1.165, 1.54) is 0 Å². The van der Waals surface area contributed by atoms with E-state index in [1.54, 1.807) is 0 Å². The highest BCUT2D eigenvalue weighted by Gasteiger charge is 2.62. The minimum Gasteiger partial charge on any atom is -0.392 e. The first-order valence-corrected chi connectivity index (χ1v) is 8.54. The van der Waals surface area contributed by atoms with Crippen molar-refractivity contribution in [1.82, 2.24) is 5.32 Å². The molecule has 2 rings (SSSR count). The first-order valence-electron chi connectivity index (χ1n) is 8.54. The molecule has 22 heavy (non-hydrogen) atoms. The standard InChI is InChI=1S/C17H32N2O3/c1-5-22-13-10-17(18,15(13,2)3)14(21)19-11-16(4)9-7-6-8-12(16)20/h12-13,20H,5-11,18H2,1-4H3,(H,19,21). The second-order valence-corrected chi connectivity index (χ2v) is 7.94. The van der Waals surface area contributed by atoms with Crippen molar-refractivity contribution in [3.63, 3.8) is 0 Å². The zero-order valence-electron chi connectivity index (χ0n) is 14.4. The maximum Gasteiger partial charge on any atom is 0.240 e. The molecule has 5 heteroatoms. The number of rotatable bonds is 5. The van der Waals surface area contributed by atoms with Crippen LogP contribution in [0.25, 0.3) is 0 Å². The fourth-order valence-electron chi connectivity index (χ4n) is 3.85. The molecule has 0 aromatic rings. The number of carbonyl (C=O) groups excluding carboxylic acids is 1. The van der Waals surface area contributed by atoms with Gasteiger partial charge in [-0.1, -0.05) is 33.6 Å². The minimum absolute atomic E-state index is 0.0316. The first kappa shape index (κ1) is 17.7. The third-order valence-corrected chi connectivity index (χ3v) is 6.17. The fraction of sp³-hybridized carbons (Fsp3) is 0.941. The zero-order chi connectivity index (χ0) is 16.6. The number of hydrogen-bond acceptors (Lipinski definition) is 4. The normalized spacial score (nSPS) is 40.8. The van der Waals surface area contributed by atoms with Gasteiger partial charge < -0.3 is 20.9 Å². The predicted octanol–water partition coefficient (Wildman–Crippen LogP) is 1.58. The van der Waals surface area contributed by atoms with E-state index in [4.69, 9.17) is 10.5 Å². The van der Waals surface area contributed by atoms with Crippen LogP contribution >= 0.6 is 0 Å². The molecule has 5 nitrogen and oxygen atoms in total. The monoisotopic (exact) mass is 312 g/mol. The second-order valence-electron chi connectivity index (χ2n) is 7.94. The van der Waals surface area contributed by atoms with Gasteiger partial charge in [0.2, 0.25) is 5.91 Å². The number of ether oxygens (including phenoxy) is 1. The van der Waals surface area contributed by atoms with Crippen molar-refractivity contribution in [3.05, 3.63) is 0 Å². The summed E-state index contributed by atoms with van der Waals surface area (Å²) in [5.41, 5.74) is 4.88. The molecular weight excluding hydrogens is 280 g/mol. The van der Waals surface area contributed by atoms with E-state index in [0.717, 1.165) is 25.7 Å². The van der Waals surface area contributed by atoms with Gasteiger partial charge in [0.25, 0.3) is 0 Å². The van der Waals surface area contributed by atoms with Crippen LogP contribution in [0.4, 0.5) is 0 Å². The molecule has 2 aliphatic rings. The Balaban J connectivity index is 1.95. The van der Waals surface area contributed by atoms with Gasteiger partial charge in [0, 0.05) is 30.4 Å². The van der Waals surface area contributed by atoms with Crippen LogP contribution in [0.1, 0.15) is 59.8 Å². The molecule has 1 amide bonds. The third-order valence-electron chi connectivity index (χ3n) is 6.17. The van der Waals surface area contributed by atoms with Crippen LogP contribution in [-0.2, 0) is 9.53 Å². The van der Waals surface area contributed by atoms with Gasteiger partial charge in [-0.25, -0.2) is 0 Å². The Morgan fingerprint density at radius 1 is 1.36 bits per heavy atom. The van der Waals surface area contributed by atoms with Gasteiger partial charge in [0.1, 0.15) is 5.54 Å².